The van der Waals surface area contributed by atoms with Crippen LogP contribution in [0.1, 0.15) is 14.7 Å². The van der Waals surface area contributed by atoms with Crippen molar-refractivity contribution < 1.29 is 14.6 Å². The van der Waals surface area contributed by atoms with Gasteiger partial charge >= 0.3 is 5.97 Å². The van der Waals surface area contributed by atoms with Gasteiger partial charge in [-0.2, -0.15) is 0 Å². The molecule has 94 valence electrons. The molecular weight excluding hydrogens is 274 g/mol. The lowest BCUT2D eigenvalue weighted by molar-refractivity contribution is 0.0696. The molecule has 1 heterocycles. The Hall–Kier alpha value is -1.59. The van der Waals surface area contributed by atoms with Gasteiger partial charge in [0, 0.05) is 15.5 Å². The highest BCUT2D eigenvalue weighted by Crippen LogP contribution is 2.35. The topological polar surface area (TPSA) is 59.4 Å². The molecular formula is C12H10ClNO3S. The van der Waals surface area contributed by atoms with Gasteiger partial charge in [0.25, 0.3) is 0 Å². The van der Waals surface area contributed by atoms with Crippen molar-refractivity contribution in [1.29, 1.82) is 0 Å². The molecule has 0 fully saturated rings. The summed E-state index contributed by atoms with van der Waals surface area (Å²) in [5, 5.41) is 9.55. The second kappa shape index (κ2) is 4.96. The summed E-state index contributed by atoms with van der Waals surface area (Å²) in [6.07, 6.45) is 0. The van der Waals surface area contributed by atoms with Crippen molar-refractivity contribution in [3.05, 3.63) is 33.1 Å². The number of hydrogen-bond acceptors (Lipinski definition) is 4. The van der Waals surface area contributed by atoms with Crippen molar-refractivity contribution >= 4 is 28.9 Å². The summed E-state index contributed by atoms with van der Waals surface area (Å²) in [4.78, 5) is 15.8. The molecule has 4 nitrogen and oxygen atoms in total. The number of methoxy groups -OCH3 is 1. The third-order valence-electron chi connectivity index (χ3n) is 2.40. The average molecular weight is 284 g/mol. The summed E-state index contributed by atoms with van der Waals surface area (Å²) in [6, 6.07) is 5.16. The van der Waals surface area contributed by atoms with Gasteiger partial charge in [-0.25, -0.2) is 9.78 Å². The maximum atomic E-state index is 10.9. The van der Waals surface area contributed by atoms with Gasteiger partial charge in [-0.05, 0) is 25.1 Å². The molecule has 2 aromatic rings. The van der Waals surface area contributed by atoms with E-state index in [0.29, 0.717) is 22.0 Å². The molecule has 0 saturated heterocycles. The molecule has 1 aromatic carbocycles. The minimum Gasteiger partial charge on any atom is -0.496 e. The SMILES string of the molecule is COc1ccc(Cl)cc1-c1nc(C(=O)O)sc1C. The van der Waals surface area contributed by atoms with Crippen molar-refractivity contribution in [2.45, 2.75) is 6.92 Å². The maximum Gasteiger partial charge on any atom is 0.365 e. The number of benzene rings is 1. The molecule has 0 atom stereocenters. The molecule has 0 aliphatic heterocycles. The number of thiazole rings is 1. The number of aryl methyl sites for hydroxylation is 1. The predicted molar refractivity (Wildman–Crippen MR) is 70.8 cm³/mol. The number of halogens is 1. The van der Waals surface area contributed by atoms with Gasteiger partial charge < -0.3 is 9.84 Å². The van der Waals surface area contributed by atoms with E-state index in [9.17, 15) is 4.79 Å². The van der Waals surface area contributed by atoms with Crippen molar-refractivity contribution in [3.63, 3.8) is 0 Å². The van der Waals surface area contributed by atoms with E-state index in [2.05, 4.69) is 4.98 Å². The van der Waals surface area contributed by atoms with Crippen molar-refractivity contribution in [1.82, 2.24) is 4.98 Å². The lowest BCUT2D eigenvalue weighted by Gasteiger charge is -2.07. The molecule has 0 bridgehead atoms. The number of hydrogen-bond donors (Lipinski definition) is 1. The Balaban J connectivity index is 2.60. The summed E-state index contributed by atoms with van der Waals surface area (Å²) in [5.41, 5.74) is 1.29. The molecule has 0 radical (unpaired) electrons. The molecule has 0 aliphatic rings. The van der Waals surface area contributed by atoms with Gasteiger partial charge in [-0.1, -0.05) is 11.6 Å². The van der Waals surface area contributed by atoms with Crippen LogP contribution in [-0.2, 0) is 0 Å². The molecule has 6 heteroatoms. The molecule has 1 aromatic heterocycles. The van der Waals surface area contributed by atoms with Crippen LogP contribution in [0, 0.1) is 6.92 Å². The van der Waals surface area contributed by atoms with Crippen molar-refractivity contribution in [3.8, 4) is 17.0 Å². The zero-order valence-corrected chi connectivity index (χ0v) is 11.3. The fourth-order valence-corrected chi connectivity index (χ4v) is 2.54. The van der Waals surface area contributed by atoms with Gasteiger partial charge in [-0.3, -0.25) is 0 Å². The lowest BCUT2D eigenvalue weighted by Crippen LogP contribution is -1.95. The maximum absolute atomic E-state index is 10.9. The molecule has 0 amide bonds. The zero-order valence-electron chi connectivity index (χ0n) is 9.73. The number of nitrogens with zero attached hydrogens (tertiary/aromatic N) is 1. The van der Waals surface area contributed by atoms with Crippen LogP contribution in [0.15, 0.2) is 18.2 Å². The van der Waals surface area contributed by atoms with Crippen LogP contribution in [0.5, 0.6) is 5.75 Å². The predicted octanol–water partition coefficient (Wildman–Crippen LogP) is 3.48. The summed E-state index contributed by atoms with van der Waals surface area (Å²) in [6.45, 7) is 1.82. The summed E-state index contributed by atoms with van der Waals surface area (Å²) < 4.78 is 5.24. The highest BCUT2D eigenvalue weighted by molar-refractivity contribution is 7.13. The number of carboxylic acids is 1. The molecule has 0 spiro atoms. The van der Waals surface area contributed by atoms with Crippen LogP contribution in [0.2, 0.25) is 5.02 Å². The Morgan fingerprint density at radius 2 is 2.22 bits per heavy atom. The van der Waals surface area contributed by atoms with Crippen LogP contribution >= 0.6 is 22.9 Å². The van der Waals surface area contributed by atoms with Gasteiger partial charge in [-0.15, -0.1) is 11.3 Å². The second-order valence-corrected chi connectivity index (χ2v) is 5.21. The summed E-state index contributed by atoms with van der Waals surface area (Å²) in [7, 11) is 1.55. The molecule has 1 N–H and O–H groups in total. The number of rotatable bonds is 3. The van der Waals surface area contributed by atoms with Crippen LogP contribution < -0.4 is 4.74 Å². The highest BCUT2D eigenvalue weighted by atomic mass is 35.5. The Labute approximate surface area is 113 Å². The summed E-state index contributed by atoms with van der Waals surface area (Å²) >= 11 is 7.08. The number of aromatic carboxylic acids is 1. The van der Waals surface area contributed by atoms with Gasteiger partial charge in [0.2, 0.25) is 5.01 Å². The van der Waals surface area contributed by atoms with E-state index >= 15 is 0 Å². The van der Waals surface area contributed by atoms with E-state index < -0.39 is 5.97 Å². The Morgan fingerprint density at radius 1 is 1.50 bits per heavy atom. The first-order chi connectivity index (χ1) is 8.52. The molecule has 18 heavy (non-hydrogen) atoms. The van der Waals surface area contributed by atoms with Crippen molar-refractivity contribution in [2.24, 2.45) is 0 Å². The number of carboxylic acid groups (broad SMARTS) is 1. The fourth-order valence-electron chi connectivity index (χ4n) is 1.60. The lowest BCUT2D eigenvalue weighted by atomic mass is 10.1. The third-order valence-corrected chi connectivity index (χ3v) is 3.59. The first-order valence-electron chi connectivity index (χ1n) is 5.07. The van der Waals surface area contributed by atoms with E-state index in [-0.39, 0.29) is 5.01 Å². The molecule has 0 saturated carbocycles. The van der Waals surface area contributed by atoms with Crippen molar-refractivity contribution in [2.75, 3.05) is 7.11 Å². The van der Waals surface area contributed by atoms with E-state index in [1.165, 1.54) is 0 Å². The number of carbonyl (C=O) groups is 1. The van der Waals surface area contributed by atoms with Crippen LogP contribution in [0.4, 0.5) is 0 Å². The van der Waals surface area contributed by atoms with Gasteiger partial charge in [0.1, 0.15) is 5.75 Å². The first-order valence-corrected chi connectivity index (χ1v) is 6.27. The van der Waals surface area contributed by atoms with Crippen LogP contribution in [-0.4, -0.2) is 23.2 Å². The second-order valence-electron chi connectivity index (χ2n) is 3.57. The third kappa shape index (κ3) is 2.32. The van der Waals surface area contributed by atoms with Gasteiger partial charge in [0.05, 0.1) is 12.8 Å². The molecule has 0 aliphatic carbocycles. The Bertz CT molecular complexity index is 609. The standard InChI is InChI=1S/C12H10ClNO3S/c1-6-10(14-11(18-6)12(15)16)8-5-7(13)3-4-9(8)17-2/h3-5H,1-2H3,(H,15,16). The molecule has 0 unspecified atom stereocenters. The van der Waals surface area contributed by atoms with Crippen LogP contribution in [0.25, 0.3) is 11.3 Å². The normalized spacial score (nSPS) is 10.4. The van der Waals surface area contributed by atoms with E-state index in [1.807, 2.05) is 6.92 Å². The van der Waals surface area contributed by atoms with Gasteiger partial charge in [0.15, 0.2) is 0 Å². The minimum absolute atomic E-state index is 0.0597. The van der Waals surface area contributed by atoms with Crippen LogP contribution in [0.3, 0.4) is 0 Å². The minimum atomic E-state index is -1.03. The van der Waals surface area contributed by atoms with E-state index in [0.717, 1.165) is 16.2 Å². The molecule has 2 rings (SSSR count). The van der Waals surface area contributed by atoms with E-state index in [1.54, 1.807) is 25.3 Å². The average Bonchev–Trinajstić information content (AvgIpc) is 2.71. The first kappa shape index (κ1) is 12.9. The largest absolute Gasteiger partial charge is 0.496 e. The quantitative estimate of drug-likeness (QED) is 0.937. The van der Waals surface area contributed by atoms with E-state index in [4.69, 9.17) is 21.4 Å². The summed E-state index contributed by atoms with van der Waals surface area (Å²) in [5.74, 6) is -0.417. The monoisotopic (exact) mass is 283 g/mol. The Morgan fingerprint density at radius 3 is 2.78 bits per heavy atom. The number of ether oxygens (including phenoxy) is 1. The smallest absolute Gasteiger partial charge is 0.365 e. The Kier molecular flexibility index (Phi) is 3.54. The fraction of sp³-hybridized carbons (Fsp3) is 0.167. The number of aromatic nitrogens is 1. The highest BCUT2D eigenvalue weighted by Gasteiger charge is 2.17. The zero-order chi connectivity index (χ0) is 13.3.